The number of hydrogen-bond acceptors (Lipinski definition) is 6. The quantitative estimate of drug-likeness (QED) is 0.528. The molecule has 0 saturated carbocycles. The van der Waals surface area contributed by atoms with Crippen LogP contribution in [-0.4, -0.2) is 91.0 Å². The zero-order valence-electron chi connectivity index (χ0n) is 19.7. The molecule has 31 heavy (non-hydrogen) atoms. The summed E-state index contributed by atoms with van der Waals surface area (Å²) < 4.78 is 11.0. The van der Waals surface area contributed by atoms with E-state index in [9.17, 15) is 9.59 Å². The van der Waals surface area contributed by atoms with Gasteiger partial charge in [-0.25, -0.2) is 4.79 Å². The molecule has 0 aromatic carbocycles. The van der Waals surface area contributed by atoms with Crippen molar-refractivity contribution in [1.82, 2.24) is 19.6 Å². The van der Waals surface area contributed by atoms with Crippen LogP contribution in [0.5, 0.6) is 0 Å². The van der Waals surface area contributed by atoms with E-state index in [0.717, 1.165) is 31.0 Å². The highest BCUT2D eigenvalue weighted by Crippen LogP contribution is 2.38. The lowest BCUT2D eigenvalue weighted by Crippen LogP contribution is -2.56. The summed E-state index contributed by atoms with van der Waals surface area (Å²) in [5.74, 6) is 2.19. The summed E-state index contributed by atoms with van der Waals surface area (Å²) in [7, 11) is 5.57. The Kier molecular flexibility index (Phi) is 7.78. The van der Waals surface area contributed by atoms with Crippen molar-refractivity contribution in [2.24, 2.45) is 5.92 Å². The van der Waals surface area contributed by atoms with Crippen LogP contribution >= 0.6 is 0 Å². The fourth-order valence-corrected chi connectivity index (χ4v) is 4.49. The Bertz CT molecular complexity index is 753. The van der Waals surface area contributed by atoms with Crippen molar-refractivity contribution in [3.8, 4) is 0 Å². The van der Waals surface area contributed by atoms with Gasteiger partial charge in [-0.1, -0.05) is 13.8 Å². The summed E-state index contributed by atoms with van der Waals surface area (Å²) in [6.45, 7) is 8.78. The molecule has 1 aromatic heterocycles. The standard InChI is InChI=1S/C23H38N4O4/c1-18(2)8-11-27-22(29)26(15-14-24(3)4)21(28)23(27)9-12-25(13-10-23)16-19-6-7-20(31-19)17-30-5/h6-7,18H,8-17H2,1-5H3. The van der Waals surface area contributed by atoms with Crippen molar-refractivity contribution in [3.63, 3.8) is 0 Å². The number of ether oxygens (including phenoxy) is 1. The smallest absolute Gasteiger partial charge is 0.327 e. The van der Waals surface area contributed by atoms with Crippen LogP contribution in [-0.2, 0) is 22.7 Å². The molecular formula is C23H38N4O4. The molecular weight excluding hydrogens is 396 g/mol. The third kappa shape index (κ3) is 5.30. The highest BCUT2D eigenvalue weighted by Gasteiger charge is 2.57. The fourth-order valence-electron chi connectivity index (χ4n) is 4.49. The third-order valence-corrected chi connectivity index (χ3v) is 6.39. The van der Waals surface area contributed by atoms with E-state index in [-0.39, 0.29) is 11.9 Å². The summed E-state index contributed by atoms with van der Waals surface area (Å²) in [4.78, 5) is 34.4. The van der Waals surface area contributed by atoms with Crippen LogP contribution in [0.15, 0.2) is 16.5 Å². The molecule has 1 aromatic rings. The minimum Gasteiger partial charge on any atom is -0.462 e. The first-order chi connectivity index (χ1) is 14.8. The Morgan fingerprint density at radius 3 is 2.42 bits per heavy atom. The lowest BCUT2D eigenvalue weighted by Gasteiger charge is -2.42. The zero-order valence-corrected chi connectivity index (χ0v) is 19.7. The highest BCUT2D eigenvalue weighted by atomic mass is 16.5. The first-order valence-electron chi connectivity index (χ1n) is 11.3. The summed E-state index contributed by atoms with van der Waals surface area (Å²) in [6, 6.07) is 3.82. The van der Waals surface area contributed by atoms with Crippen LogP contribution in [0.3, 0.4) is 0 Å². The Morgan fingerprint density at radius 2 is 1.81 bits per heavy atom. The molecule has 0 N–H and O–H groups in total. The lowest BCUT2D eigenvalue weighted by molar-refractivity contribution is -0.135. The Hall–Kier alpha value is -1.90. The minimum absolute atomic E-state index is 0.0110. The average Bonchev–Trinajstić information content (AvgIpc) is 3.22. The zero-order chi connectivity index (χ0) is 22.6. The molecule has 3 heterocycles. The van der Waals surface area contributed by atoms with E-state index in [1.807, 2.05) is 36.0 Å². The first kappa shape index (κ1) is 23.8. The second-order valence-corrected chi connectivity index (χ2v) is 9.49. The van der Waals surface area contributed by atoms with E-state index in [1.54, 1.807) is 7.11 Å². The number of likely N-dealkylation sites (tertiary alicyclic amines) is 1. The van der Waals surface area contributed by atoms with Crippen molar-refractivity contribution in [2.75, 3.05) is 53.9 Å². The van der Waals surface area contributed by atoms with Gasteiger partial charge in [-0.15, -0.1) is 0 Å². The Morgan fingerprint density at radius 1 is 1.13 bits per heavy atom. The summed E-state index contributed by atoms with van der Waals surface area (Å²) >= 11 is 0. The number of amides is 3. The molecule has 3 amide bonds. The number of likely N-dealkylation sites (N-methyl/N-ethyl adjacent to an activating group) is 1. The number of furan rings is 1. The molecule has 0 atom stereocenters. The van der Waals surface area contributed by atoms with Crippen LogP contribution < -0.4 is 0 Å². The maximum absolute atomic E-state index is 13.5. The van der Waals surface area contributed by atoms with E-state index in [1.165, 1.54) is 4.90 Å². The van der Waals surface area contributed by atoms with Crippen molar-refractivity contribution in [3.05, 3.63) is 23.7 Å². The number of urea groups is 1. The van der Waals surface area contributed by atoms with Crippen LogP contribution in [0.25, 0.3) is 0 Å². The predicted octanol–water partition coefficient (Wildman–Crippen LogP) is 2.63. The number of imide groups is 1. The van der Waals surface area contributed by atoms with Gasteiger partial charge in [-0.2, -0.15) is 0 Å². The van der Waals surface area contributed by atoms with Crippen LogP contribution in [0.4, 0.5) is 4.79 Å². The normalized spacial score (nSPS) is 19.6. The molecule has 2 aliphatic heterocycles. The van der Waals surface area contributed by atoms with Crippen molar-refractivity contribution < 1.29 is 18.7 Å². The Labute approximate surface area is 186 Å². The van der Waals surface area contributed by atoms with Gasteiger partial charge in [0.25, 0.3) is 5.91 Å². The van der Waals surface area contributed by atoms with Gasteiger partial charge in [-0.3, -0.25) is 14.6 Å². The molecule has 0 unspecified atom stereocenters. The molecule has 8 heteroatoms. The molecule has 0 bridgehead atoms. The van der Waals surface area contributed by atoms with Crippen LogP contribution in [0, 0.1) is 5.92 Å². The van der Waals surface area contributed by atoms with Gasteiger partial charge < -0.3 is 19.0 Å². The van der Waals surface area contributed by atoms with Gasteiger partial charge in [0.2, 0.25) is 0 Å². The number of piperidine rings is 1. The summed E-state index contributed by atoms with van der Waals surface area (Å²) in [5, 5.41) is 0. The van der Waals surface area contributed by atoms with Gasteiger partial charge >= 0.3 is 6.03 Å². The van der Waals surface area contributed by atoms with E-state index in [4.69, 9.17) is 9.15 Å². The molecule has 174 valence electrons. The van der Waals surface area contributed by atoms with E-state index in [0.29, 0.717) is 51.5 Å². The predicted molar refractivity (Wildman–Crippen MR) is 118 cm³/mol. The highest BCUT2D eigenvalue weighted by molar-refractivity contribution is 6.07. The van der Waals surface area contributed by atoms with Crippen LogP contribution in [0.2, 0.25) is 0 Å². The lowest BCUT2D eigenvalue weighted by atomic mass is 9.85. The molecule has 2 saturated heterocycles. The number of carbonyl (C=O) groups excluding carboxylic acids is 2. The molecule has 2 aliphatic rings. The molecule has 8 nitrogen and oxygen atoms in total. The van der Waals surface area contributed by atoms with Crippen molar-refractivity contribution in [1.29, 1.82) is 0 Å². The molecule has 0 radical (unpaired) electrons. The van der Waals surface area contributed by atoms with Gasteiger partial charge in [0, 0.05) is 39.8 Å². The van der Waals surface area contributed by atoms with E-state index >= 15 is 0 Å². The summed E-state index contributed by atoms with van der Waals surface area (Å²) in [6.07, 6.45) is 2.24. The monoisotopic (exact) mass is 434 g/mol. The largest absolute Gasteiger partial charge is 0.462 e. The van der Waals surface area contributed by atoms with Gasteiger partial charge in [0.1, 0.15) is 23.7 Å². The number of hydrogen-bond donors (Lipinski definition) is 0. The number of methoxy groups -OCH3 is 1. The van der Waals surface area contributed by atoms with Gasteiger partial charge in [-0.05, 0) is 51.4 Å². The maximum Gasteiger partial charge on any atom is 0.327 e. The molecule has 1 spiro atoms. The van der Waals surface area contributed by atoms with Crippen molar-refractivity contribution in [2.45, 2.75) is 51.8 Å². The van der Waals surface area contributed by atoms with Crippen molar-refractivity contribution >= 4 is 11.9 Å². The second-order valence-electron chi connectivity index (χ2n) is 9.49. The van der Waals surface area contributed by atoms with Gasteiger partial charge in [0.15, 0.2) is 0 Å². The SMILES string of the molecule is COCc1ccc(CN2CCC3(CC2)C(=O)N(CCN(C)C)C(=O)N3CCC(C)C)o1. The maximum atomic E-state index is 13.5. The molecule has 0 aliphatic carbocycles. The number of carbonyl (C=O) groups is 2. The molecule has 2 fully saturated rings. The van der Waals surface area contributed by atoms with E-state index in [2.05, 4.69) is 18.7 Å². The van der Waals surface area contributed by atoms with Crippen LogP contribution in [0.1, 0.15) is 44.6 Å². The second kappa shape index (κ2) is 10.1. The first-order valence-corrected chi connectivity index (χ1v) is 11.3. The summed E-state index contributed by atoms with van der Waals surface area (Å²) in [5.41, 5.74) is -0.695. The average molecular weight is 435 g/mol. The number of rotatable bonds is 10. The van der Waals surface area contributed by atoms with Gasteiger partial charge in [0.05, 0.1) is 6.54 Å². The molecule has 3 rings (SSSR count). The topological polar surface area (TPSA) is 69.5 Å². The minimum atomic E-state index is -0.695. The third-order valence-electron chi connectivity index (χ3n) is 6.39. The van der Waals surface area contributed by atoms with E-state index < -0.39 is 5.54 Å². The number of nitrogens with zero attached hydrogens (tertiary/aromatic N) is 4. The fraction of sp³-hybridized carbons (Fsp3) is 0.739. The Balaban J connectivity index is 1.69.